The van der Waals surface area contributed by atoms with Crippen LogP contribution < -0.4 is 5.32 Å². The number of hydrogen-bond donors (Lipinski definition) is 2. The summed E-state index contributed by atoms with van der Waals surface area (Å²) in [6.45, 7) is 2.10. The fourth-order valence-electron chi connectivity index (χ4n) is 2.18. The van der Waals surface area contributed by atoms with Crippen LogP contribution in [0.15, 0.2) is 11.4 Å². The number of aliphatic carboxylic acids is 1. The van der Waals surface area contributed by atoms with Gasteiger partial charge in [0.1, 0.15) is 11.1 Å². The van der Waals surface area contributed by atoms with E-state index in [0.717, 1.165) is 13.1 Å². The van der Waals surface area contributed by atoms with Gasteiger partial charge in [-0.1, -0.05) is 0 Å². The summed E-state index contributed by atoms with van der Waals surface area (Å²) in [5.41, 5.74) is 0.480. The van der Waals surface area contributed by atoms with E-state index < -0.39 is 5.97 Å². The van der Waals surface area contributed by atoms with Crippen molar-refractivity contribution in [3.8, 4) is 6.07 Å². The van der Waals surface area contributed by atoms with Gasteiger partial charge in [0.25, 0.3) is 0 Å². The molecule has 0 saturated carbocycles. The Bertz CT molecular complexity index is 543. The Morgan fingerprint density at radius 2 is 2.30 bits per heavy atom. The summed E-state index contributed by atoms with van der Waals surface area (Å²) in [5.74, 6) is -0.683. The van der Waals surface area contributed by atoms with Crippen LogP contribution in [0.25, 0.3) is 0 Å². The molecule has 1 fully saturated rings. The maximum absolute atomic E-state index is 11.7. The van der Waals surface area contributed by atoms with Crippen molar-refractivity contribution in [2.75, 3.05) is 25.0 Å². The van der Waals surface area contributed by atoms with Gasteiger partial charge in [-0.05, 0) is 17.4 Å². The molecule has 0 radical (unpaired) electrons. The van der Waals surface area contributed by atoms with Crippen LogP contribution in [-0.2, 0) is 9.59 Å². The van der Waals surface area contributed by atoms with E-state index in [1.165, 1.54) is 11.3 Å². The highest BCUT2D eigenvalue weighted by Gasteiger charge is 2.28. The number of thiophene rings is 1. The second kappa shape index (κ2) is 6.50. The zero-order chi connectivity index (χ0) is 14.5. The maximum atomic E-state index is 11.7. The van der Waals surface area contributed by atoms with Crippen LogP contribution in [0.4, 0.5) is 5.00 Å². The van der Waals surface area contributed by atoms with E-state index in [2.05, 4.69) is 10.2 Å². The highest BCUT2D eigenvalue weighted by Crippen LogP contribution is 2.23. The number of rotatable bonds is 6. The molecule has 1 aliphatic heterocycles. The van der Waals surface area contributed by atoms with E-state index in [1.54, 1.807) is 11.4 Å². The standard InChI is InChI=1S/C13H15N3O3S/c14-6-10-2-4-20-13(10)15-11(17)1-3-16-7-9(8-16)5-12(18)19/h2,4,9H,1,3,5,7-8H2,(H,15,17)(H,18,19). The Kier molecular flexibility index (Phi) is 4.71. The van der Waals surface area contributed by atoms with Crippen LogP contribution in [0, 0.1) is 17.2 Å². The third-order valence-electron chi connectivity index (χ3n) is 3.19. The van der Waals surface area contributed by atoms with Crippen LogP contribution >= 0.6 is 11.3 Å². The van der Waals surface area contributed by atoms with E-state index in [-0.39, 0.29) is 18.2 Å². The smallest absolute Gasteiger partial charge is 0.303 e. The summed E-state index contributed by atoms with van der Waals surface area (Å²) < 4.78 is 0. The van der Waals surface area contributed by atoms with Gasteiger partial charge in [-0.2, -0.15) is 5.26 Å². The van der Waals surface area contributed by atoms with Gasteiger partial charge in [0.2, 0.25) is 5.91 Å². The number of carbonyl (C=O) groups excluding carboxylic acids is 1. The van der Waals surface area contributed by atoms with Gasteiger partial charge in [0, 0.05) is 26.1 Å². The van der Waals surface area contributed by atoms with Crippen molar-refractivity contribution in [3.05, 3.63) is 17.0 Å². The molecule has 0 aliphatic carbocycles. The van der Waals surface area contributed by atoms with Gasteiger partial charge in [-0.15, -0.1) is 11.3 Å². The van der Waals surface area contributed by atoms with Crippen molar-refractivity contribution in [1.29, 1.82) is 5.26 Å². The molecule has 7 heteroatoms. The van der Waals surface area contributed by atoms with Crippen LogP contribution in [-0.4, -0.2) is 41.5 Å². The summed E-state index contributed by atoms with van der Waals surface area (Å²) in [6, 6.07) is 3.69. The fourth-order valence-corrected chi connectivity index (χ4v) is 2.93. The SMILES string of the molecule is N#Cc1ccsc1NC(=O)CCN1CC(CC(=O)O)C1. The Morgan fingerprint density at radius 1 is 1.55 bits per heavy atom. The van der Waals surface area contributed by atoms with Crippen LogP contribution in [0.2, 0.25) is 0 Å². The quantitative estimate of drug-likeness (QED) is 0.826. The second-order valence-corrected chi connectivity index (χ2v) is 5.71. The summed E-state index contributed by atoms with van der Waals surface area (Å²) in [4.78, 5) is 24.3. The fraction of sp³-hybridized carbons (Fsp3) is 0.462. The number of nitrogens with zero attached hydrogens (tertiary/aromatic N) is 2. The normalized spacial score (nSPS) is 15.3. The molecule has 2 N–H and O–H groups in total. The number of nitriles is 1. The number of anilines is 1. The van der Waals surface area contributed by atoms with Crippen molar-refractivity contribution in [3.63, 3.8) is 0 Å². The van der Waals surface area contributed by atoms with Crippen molar-refractivity contribution >= 4 is 28.2 Å². The van der Waals surface area contributed by atoms with Crippen LogP contribution in [0.5, 0.6) is 0 Å². The second-order valence-electron chi connectivity index (χ2n) is 4.80. The van der Waals surface area contributed by atoms with Gasteiger partial charge in [-0.25, -0.2) is 0 Å². The first-order valence-corrected chi connectivity index (χ1v) is 7.18. The Labute approximate surface area is 120 Å². The molecule has 106 valence electrons. The average Bonchev–Trinajstić information content (AvgIpc) is 2.78. The number of likely N-dealkylation sites (tertiary alicyclic amines) is 1. The highest BCUT2D eigenvalue weighted by molar-refractivity contribution is 7.14. The maximum Gasteiger partial charge on any atom is 0.303 e. The molecule has 0 spiro atoms. The Hall–Kier alpha value is -1.91. The van der Waals surface area contributed by atoms with Gasteiger partial charge < -0.3 is 15.3 Å². The third kappa shape index (κ3) is 3.79. The molecule has 2 rings (SSSR count). The molecule has 1 aromatic rings. The molecule has 0 unspecified atom stereocenters. The highest BCUT2D eigenvalue weighted by atomic mass is 32.1. The summed E-state index contributed by atoms with van der Waals surface area (Å²) in [5, 5.41) is 22.6. The Morgan fingerprint density at radius 3 is 2.95 bits per heavy atom. The molecular weight excluding hydrogens is 278 g/mol. The first kappa shape index (κ1) is 14.5. The summed E-state index contributed by atoms with van der Waals surface area (Å²) in [6.07, 6.45) is 0.548. The molecule has 1 aliphatic rings. The predicted molar refractivity (Wildman–Crippen MR) is 74.5 cm³/mol. The third-order valence-corrected chi connectivity index (χ3v) is 4.02. The predicted octanol–water partition coefficient (Wildman–Crippen LogP) is 1.35. The van der Waals surface area contributed by atoms with E-state index >= 15 is 0 Å². The van der Waals surface area contributed by atoms with Crippen molar-refractivity contribution in [2.24, 2.45) is 5.92 Å². The molecule has 1 amide bonds. The molecule has 0 bridgehead atoms. The average molecular weight is 293 g/mol. The van der Waals surface area contributed by atoms with Gasteiger partial charge in [0.15, 0.2) is 0 Å². The topological polar surface area (TPSA) is 93.4 Å². The first-order valence-electron chi connectivity index (χ1n) is 6.30. The minimum Gasteiger partial charge on any atom is -0.481 e. The van der Waals surface area contributed by atoms with E-state index in [0.29, 0.717) is 23.5 Å². The largest absolute Gasteiger partial charge is 0.481 e. The molecule has 20 heavy (non-hydrogen) atoms. The molecule has 0 atom stereocenters. The van der Waals surface area contributed by atoms with Crippen molar-refractivity contribution in [1.82, 2.24) is 4.90 Å². The molecular formula is C13H15N3O3S. The summed E-state index contributed by atoms with van der Waals surface area (Å²) >= 11 is 1.33. The molecule has 1 aromatic heterocycles. The van der Waals surface area contributed by atoms with Gasteiger partial charge >= 0.3 is 5.97 Å². The minimum absolute atomic E-state index is 0.120. The van der Waals surface area contributed by atoms with Crippen LogP contribution in [0.3, 0.4) is 0 Å². The lowest BCUT2D eigenvalue weighted by atomic mass is 9.96. The van der Waals surface area contributed by atoms with Gasteiger partial charge in [0.05, 0.1) is 12.0 Å². The van der Waals surface area contributed by atoms with E-state index in [4.69, 9.17) is 10.4 Å². The zero-order valence-electron chi connectivity index (χ0n) is 10.8. The lowest BCUT2D eigenvalue weighted by molar-refractivity contribution is -0.139. The van der Waals surface area contributed by atoms with Crippen molar-refractivity contribution < 1.29 is 14.7 Å². The monoisotopic (exact) mass is 293 g/mol. The molecule has 2 heterocycles. The lowest BCUT2D eigenvalue weighted by Crippen LogP contribution is -2.48. The molecule has 1 saturated heterocycles. The van der Waals surface area contributed by atoms with Crippen molar-refractivity contribution in [2.45, 2.75) is 12.8 Å². The number of carboxylic acids is 1. The lowest BCUT2D eigenvalue weighted by Gasteiger charge is -2.38. The number of amides is 1. The number of nitrogens with one attached hydrogen (secondary N) is 1. The first-order chi connectivity index (χ1) is 9.58. The number of carboxylic acid groups (broad SMARTS) is 1. The van der Waals surface area contributed by atoms with Gasteiger partial charge in [-0.3, -0.25) is 9.59 Å². The van der Waals surface area contributed by atoms with E-state index in [1.807, 2.05) is 6.07 Å². The van der Waals surface area contributed by atoms with E-state index in [9.17, 15) is 9.59 Å². The zero-order valence-corrected chi connectivity index (χ0v) is 11.7. The summed E-state index contributed by atoms with van der Waals surface area (Å²) in [7, 11) is 0. The Balaban J connectivity index is 1.67. The number of carbonyl (C=O) groups is 2. The molecule has 6 nitrogen and oxygen atoms in total. The minimum atomic E-state index is -0.769. The van der Waals surface area contributed by atoms with Crippen LogP contribution in [0.1, 0.15) is 18.4 Å². The number of hydrogen-bond acceptors (Lipinski definition) is 5. The molecule has 0 aromatic carbocycles.